The summed E-state index contributed by atoms with van der Waals surface area (Å²) in [5, 5.41) is 3.28. The second-order valence-corrected chi connectivity index (χ2v) is 5.29. The van der Waals surface area contributed by atoms with Gasteiger partial charge in [-0.3, -0.25) is 4.90 Å². The van der Waals surface area contributed by atoms with Gasteiger partial charge in [0.1, 0.15) is 0 Å². The van der Waals surface area contributed by atoms with Gasteiger partial charge in [-0.1, -0.05) is 6.08 Å². The van der Waals surface area contributed by atoms with E-state index in [2.05, 4.69) is 16.3 Å². The topological polar surface area (TPSA) is 24.5 Å². The van der Waals surface area contributed by atoms with Gasteiger partial charge in [-0.25, -0.2) is 0 Å². The summed E-state index contributed by atoms with van der Waals surface area (Å²) in [5.41, 5.74) is 2.00. The number of hydrogen-bond donors (Lipinski definition) is 1. The fourth-order valence-electron chi connectivity index (χ4n) is 3.08. The molecule has 3 rings (SSSR count). The van der Waals surface area contributed by atoms with Gasteiger partial charge in [0.25, 0.3) is 0 Å². The van der Waals surface area contributed by atoms with E-state index in [1.54, 1.807) is 0 Å². The predicted molar refractivity (Wildman–Crippen MR) is 59.6 cm³/mol. The fourth-order valence-corrected chi connectivity index (χ4v) is 3.08. The Labute approximate surface area is 91.5 Å². The fraction of sp³-hybridized carbons (Fsp3) is 0.833. The number of rotatable bonds is 2. The van der Waals surface area contributed by atoms with E-state index in [0.717, 1.165) is 25.8 Å². The Morgan fingerprint density at radius 2 is 2.27 bits per heavy atom. The van der Waals surface area contributed by atoms with Crippen LogP contribution in [-0.2, 0) is 4.74 Å². The maximum atomic E-state index is 5.32. The van der Waals surface area contributed by atoms with Crippen LogP contribution in [0.1, 0.15) is 19.3 Å². The van der Waals surface area contributed by atoms with E-state index in [1.807, 2.05) is 7.05 Å². The predicted octanol–water partition coefficient (Wildman–Crippen LogP) is 0.974. The molecule has 1 spiro atoms. The average Bonchev–Trinajstić information content (AvgIpc) is 2.14. The molecule has 2 fully saturated rings. The first-order valence-electron chi connectivity index (χ1n) is 6.00. The van der Waals surface area contributed by atoms with E-state index in [-0.39, 0.29) is 0 Å². The van der Waals surface area contributed by atoms with Crippen molar-refractivity contribution in [3.63, 3.8) is 0 Å². The zero-order chi connectivity index (χ0) is 10.3. The lowest BCUT2D eigenvalue weighted by molar-refractivity contribution is -0.184. The molecule has 0 aromatic carbocycles. The first-order valence-corrected chi connectivity index (χ1v) is 6.00. The van der Waals surface area contributed by atoms with Gasteiger partial charge < -0.3 is 10.1 Å². The van der Waals surface area contributed by atoms with Gasteiger partial charge >= 0.3 is 0 Å². The number of likely N-dealkylation sites (N-methyl/N-ethyl adjacent to an activating group) is 1. The van der Waals surface area contributed by atoms with Gasteiger partial charge in [0.05, 0.1) is 13.2 Å². The molecule has 3 nitrogen and oxygen atoms in total. The van der Waals surface area contributed by atoms with Gasteiger partial charge in [0.2, 0.25) is 0 Å². The smallest absolute Gasteiger partial charge is 0.0545 e. The molecule has 1 aliphatic carbocycles. The lowest BCUT2D eigenvalue weighted by Gasteiger charge is -2.56. The summed E-state index contributed by atoms with van der Waals surface area (Å²) in [4.78, 5) is 2.63. The van der Waals surface area contributed by atoms with E-state index in [4.69, 9.17) is 4.74 Å². The van der Waals surface area contributed by atoms with Crippen LogP contribution < -0.4 is 5.32 Å². The van der Waals surface area contributed by atoms with Crippen molar-refractivity contribution in [2.45, 2.75) is 25.3 Å². The molecule has 1 N–H and O–H groups in total. The normalized spacial score (nSPS) is 30.6. The van der Waals surface area contributed by atoms with Crippen molar-refractivity contribution in [1.29, 1.82) is 0 Å². The first-order chi connectivity index (χ1) is 7.31. The second kappa shape index (κ2) is 3.49. The summed E-state index contributed by atoms with van der Waals surface area (Å²) in [5.74, 6) is 0. The van der Waals surface area contributed by atoms with Crippen molar-refractivity contribution >= 4 is 0 Å². The number of ether oxygens (including phenoxy) is 1. The Kier molecular flexibility index (Phi) is 2.25. The van der Waals surface area contributed by atoms with Crippen molar-refractivity contribution in [2.24, 2.45) is 5.41 Å². The SMILES string of the molecule is CNC1=CCCN(C2CC3(COC3)C2)C1. The Morgan fingerprint density at radius 1 is 1.47 bits per heavy atom. The Balaban J connectivity index is 1.54. The summed E-state index contributed by atoms with van der Waals surface area (Å²) in [6, 6.07) is 0.825. The lowest BCUT2D eigenvalue weighted by Crippen LogP contribution is -2.60. The van der Waals surface area contributed by atoms with Crippen molar-refractivity contribution in [3.8, 4) is 0 Å². The molecule has 2 heterocycles. The molecule has 3 aliphatic rings. The monoisotopic (exact) mass is 208 g/mol. The third-order valence-electron chi connectivity index (χ3n) is 4.17. The summed E-state index contributed by atoms with van der Waals surface area (Å²) in [6.45, 7) is 4.41. The summed E-state index contributed by atoms with van der Waals surface area (Å²) >= 11 is 0. The molecule has 0 amide bonds. The van der Waals surface area contributed by atoms with Crippen LogP contribution in [0.15, 0.2) is 11.8 Å². The first kappa shape index (κ1) is 9.67. The van der Waals surface area contributed by atoms with Crippen LogP contribution in [0.2, 0.25) is 0 Å². The summed E-state index contributed by atoms with van der Waals surface area (Å²) < 4.78 is 5.32. The summed E-state index contributed by atoms with van der Waals surface area (Å²) in [6.07, 6.45) is 6.27. The van der Waals surface area contributed by atoms with E-state index >= 15 is 0 Å². The highest BCUT2D eigenvalue weighted by atomic mass is 16.5. The minimum atomic E-state index is 0.603. The molecular formula is C12H20N2O. The van der Waals surface area contributed by atoms with Gasteiger partial charge in [-0.15, -0.1) is 0 Å². The molecule has 0 aromatic heterocycles. The van der Waals surface area contributed by atoms with Crippen LogP contribution in [0.4, 0.5) is 0 Å². The lowest BCUT2D eigenvalue weighted by atomic mass is 9.63. The molecule has 0 atom stereocenters. The summed E-state index contributed by atoms with van der Waals surface area (Å²) in [7, 11) is 2.03. The number of nitrogens with zero attached hydrogens (tertiary/aromatic N) is 1. The molecule has 3 heteroatoms. The minimum Gasteiger partial charge on any atom is -0.391 e. The van der Waals surface area contributed by atoms with Crippen LogP contribution in [0.25, 0.3) is 0 Å². The van der Waals surface area contributed by atoms with Crippen molar-refractivity contribution in [3.05, 3.63) is 11.8 Å². The maximum Gasteiger partial charge on any atom is 0.0545 e. The number of nitrogens with one attached hydrogen (secondary N) is 1. The maximum absolute atomic E-state index is 5.32. The highest BCUT2D eigenvalue weighted by molar-refractivity contribution is 5.10. The highest BCUT2D eigenvalue weighted by Crippen LogP contribution is 2.49. The van der Waals surface area contributed by atoms with Crippen molar-refractivity contribution < 1.29 is 4.74 Å². The largest absolute Gasteiger partial charge is 0.391 e. The second-order valence-electron chi connectivity index (χ2n) is 5.29. The molecule has 0 radical (unpaired) electrons. The van der Waals surface area contributed by atoms with E-state index in [9.17, 15) is 0 Å². The molecule has 0 unspecified atom stereocenters. The molecular weight excluding hydrogens is 188 g/mol. The quantitative estimate of drug-likeness (QED) is 0.732. The molecule has 0 aromatic rings. The zero-order valence-electron chi connectivity index (χ0n) is 9.46. The van der Waals surface area contributed by atoms with Crippen LogP contribution in [0.5, 0.6) is 0 Å². The van der Waals surface area contributed by atoms with Gasteiger partial charge in [-0.2, -0.15) is 0 Å². The van der Waals surface area contributed by atoms with Gasteiger partial charge in [-0.05, 0) is 19.3 Å². The van der Waals surface area contributed by atoms with Crippen LogP contribution in [0, 0.1) is 5.41 Å². The van der Waals surface area contributed by atoms with E-state index in [1.165, 1.54) is 31.5 Å². The minimum absolute atomic E-state index is 0.603. The van der Waals surface area contributed by atoms with Crippen LogP contribution in [-0.4, -0.2) is 44.3 Å². The molecule has 84 valence electrons. The van der Waals surface area contributed by atoms with Gasteiger partial charge in [0.15, 0.2) is 0 Å². The van der Waals surface area contributed by atoms with Crippen LogP contribution >= 0.6 is 0 Å². The zero-order valence-corrected chi connectivity index (χ0v) is 9.46. The molecule has 0 bridgehead atoms. The Morgan fingerprint density at radius 3 is 2.87 bits per heavy atom. The van der Waals surface area contributed by atoms with Gasteiger partial charge in [0, 0.05) is 37.3 Å². The highest BCUT2D eigenvalue weighted by Gasteiger charge is 2.51. The Bertz CT molecular complexity index is 275. The van der Waals surface area contributed by atoms with E-state index in [0.29, 0.717) is 5.41 Å². The third kappa shape index (κ3) is 1.58. The van der Waals surface area contributed by atoms with E-state index < -0.39 is 0 Å². The third-order valence-corrected chi connectivity index (χ3v) is 4.17. The van der Waals surface area contributed by atoms with Crippen molar-refractivity contribution in [2.75, 3.05) is 33.4 Å². The average molecular weight is 208 g/mol. The molecule has 2 aliphatic heterocycles. The van der Waals surface area contributed by atoms with Crippen LogP contribution in [0.3, 0.4) is 0 Å². The van der Waals surface area contributed by atoms with Crippen molar-refractivity contribution in [1.82, 2.24) is 10.2 Å². The standard InChI is InChI=1S/C12H20N2O/c1-13-10-3-2-4-14(7-10)11-5-12(6-11)8-15-9-12/h3,11,13H,2,4-9H2,1H3. The molecule has 15 heavy (non-hydrogen) atoms. The molecule has 1 saturated heterocycles. The molecule has 1 saturated carbocycles. The Hall–Kier alpha value is -0.540. The number of hydrogen-bond acceptors (Lipinski definition) is 3.